The highest BCUT2D eigenvalue weighted by molar-refractivity contribution is 4.95. The van der Waals surface area contributed by atoms with Crippen LogP contribution in [-0.4, -0.2) is 231 Å². The quantitative estimate of drug-likeness (QED) is 0.113. The molecule has 0 aromatic heterocycles. The summed E-state index contributed by atoms with van der Waals surface area (Å²) in [5.74, 6) is 0. The maximum absolute atomic E-state index is 9.94. The smallest absolute Gasteiger partial charge is 0.187 e. The second-order valence-corrected chi connectivity index (χ2v) is 11.1. The fraction of sp³-hybridized carbons (Fsp3) is 1.00. The summed E-state index contributed by atoms with van der Waals surface area (Å²) >= 11 is 0. The van der Waals surface area contributed by atoms with E-state index in [9.17, 15) is 71.5 Å². The van der Waals surface area contributed by atoms with Gasteiger partial charge < -0.3 is 110 Å². The molecule has 46 heavy (non-hydrogen) atoms. The number of hydrogen-bond donors (Lipinski definition) is 16. The van der Waals surface area contributed by atoms with Gasteiger partial charge in [0.1, 0.15) is 97.7 Å². The Labute approximate surface area is 260 Å². The first kappa shape index (κ1) is 39.6. The van der Waals surface area contributed by atoms with E-state index in [2.05, 4.69) is 0 Å². The first-order valence-corrected chi connectivity index (χ1v) is 14.2. The first-order chi connectivity index (χ1) is 21.6. The van der Waals surface area contributed by atoms with Crippen molar-refractivity contribution in [3.63, 3.8) is 0 Å². The second-order valence-electron chi connectivity index (χ2n) is 11.1. The molecule has 0 unspecified atom stereocenters. The molecular formula is C24H44O22. The molecule has 4 fully saturated rings. The van der Waals surface area contributed by atoms with E-state index in [1.165, 1.54) is 0 Å². The molecule has 0 spiro atoms. The van der Waals surface area contributed by atoms with Gasteiger partial charge >= 0.3 is 0 Å². The molecule has 0 aromatic carbocycles. The lowest BCUT2D eigenvalue weighted by Crippen LogP contribution is -2.64. The van der Waals surface area contributed by atoms with Crippen molar-refractivity contribution in [2.24, 2.45) is 0 Å². The molecule has 0 bridgehead atoms. The average molecular weight is 685 g/mol. The van der Waals surface area contributed by atoms with E-state index in [4.69, 9.17) is 38.6 Å². The van der Waals surface area contributed by atoms with Crippen LogP contribution in [0.4, 0.5) is 0 Å². The zero-order valence-electron chi connectivity index (χ0n) is 24.0. The van der Waals surface area contributed by atoms with Crippen LogP contribution in [0.25, 0.3) is 0 Å². The predicted molar refractivity (Wildman–Crippen MR) is 137 cm³/mol. The van der Waals surface area contributed by atoms with Gasteiger partial charge in [-0.25, -0.2) is 0 Å². The third kappa shape index (κ3) is 8.45. The number of aliphatic hydroxyl groups excluding tert-OH is 16. The van der Waals surface area contributed by atoms with Crippen LogP contribution >= 0.6 is 0 Å². The Morgan fingerprint density at radius 1 is 0.326 bits per heavy atom. The van der Waals surface area contributed by atoms with E-state index in [0.29, 0.717) is 0 Å². The number of rotatable bonds is 8. The molecule has 0 radical (unpaired) electrons. The number of ether oxygens (including phenoxy) is 6. The van der Waals surface area contributed by atoms with Crippen LogP contribution in [0.3, 0.4) is 0 Å². The predicted octanol–water partition coefficient (Wildman–Crippen LogP) is -10.8. The minimum absolute atomic E-state index is 0.667. The molecule has 22 nitrogen and oxygen atoms in total. The van der Waals surface area contributed by atoms with Crippen molar-refractivity contribution in [2.45, 2.75) is 123 Å². The lowest BCUT2D eigenvalue weighted by Gasteiger charge is -2.45. The Kier molecular flexibility index (Phi) is 14.8. The van der Waals surface area contributed by atoms with E-state index in [1.54, 1.807) is 0 Å². The highest BCUT2D eigenvalue weighted by Gasteiger charge is 2.51. The summed E-state index contributed by atoms with van der Waals surface area (Å²) in [6.45, 7) is -2.69. The summed E-state index contributed by atoms with van der Waals surface area (Å²) in [5, 5.41) is 153. The molecule has 20 atom stereocenters. The van der Waals surface area contributed by atoms with Crippen LogP contribution in [0, 0.1) is 0 Å². The van der Waals surface area contributed by atoms with Crippen LogP contribution < -0.4 is 0 Å². The summed E-state index contributed by atoms with van der Waals surface area (Å²) < 4.78 is 30.5. The van der Waals surface area contributed by atoms with Gasteiger partial charge in [-0.2, -0.15) is 0 Å². The summed E-state index contributed by atoms with van der Waals surface area (Å²) in [7, 11) is 0. The molecule has 0 saturated carbocycles. The van der Waals surface area contributed by atoms with Gasteiger partial charge in [0.25, 0.3) is 0 Å². The van der Waals surface area contributed by atoms with Gasteiger partial charge in [0.15, 0.2) is 25.2 Å². The summed E-state index contributed by atoms with van der Waals surface area (Å²) in [6, 6.07) is 0. The minimum atomic E-state index is -1.74. The Bertz CT molecular complexity index is 826. The maximum atomic E-state index is 9.94. The van der Waals surface area contributed by atoms with E-state index in [1.807, 2.05) is 0 Å². The average Bonchev–Trinajstić information content (AvgIpc) is 3.05. The monoisotopic (exact) mass is 684 g/mol. The van der Waals surface area contributed by atoms with Crippen molar-refractivity contribution in [3.05, 3.63) is 0 Å². The van der Waals surface area contributed by atoms with Crippen LogP contribution in [0.2, 0.25) is 0 Å². The van der Waals surface area contributed by atoms with Gasteiger partial charge in [-0.1, -0.05) is 0 Å². The largest absolute Gasteiger partial charge is 0.394 e. The normalized spacial score (nSPS) is 51.7. The van der Waals surface area contributed by atoms with Crippen molar-refractivity contribution in [1.29, 1.82) is 0 Å². The topological polar surface area (TPSA) is 379 Å². The van der Waals surface area contributed by atoms with Gasteiger partial charge in [0.05, 0.1) is 26.4 Å². The van der Waals surface area contributed by atoms with Crippen molar-refractivity contribution >= 4 is 0 Å². The van der Waals surface area contributed by atoms with Gasteiger partial charge in [-0.05, 0) is 0 Å². The van der Waals surface area contributed by atoms with Crippen molar-refractivity contribution in [2.75, 3.05) is 26.4 Å². The third-order valence-electron chi connectivity index (χ3n) is 7.96. The highest BCUT2D eigenvalue weighted by Crippen LogP contribution is 2.30. The van der Waals surface area contributed by atoms with E-state index in [-0.39, 0.29) is 0 Å². The van der Waals surface area contributed by atoms with Crippen LogP contribution in [0.5, 0.6) is 0 Å². The molecule has 4 rings (SSSR count). The Morgan fingerprint density at radius 2 is 0.630 bits per heavy atom. The zero-order valence-corrected chi connectivity index (χ0v) is 24.0. The van der Waals surface area contributed by atoms with Crippen molar-refractivity contribution < 1.29 is 110 Å². The van der Waals surface area contributed by atoms with Crippen molar-refractivity contribution in [1.82, 2.24) is 0 Å². The van der Waals surface area contributed by atoms with Gasteiger partial charge in [-0.3, -0.25) is 0 Å². The maximum Gasteiger partial charge on any atom is 0.187 e. The molecule has 16 N–H and O–H groups in total. The fourth-order valence-corrected chi connectivity index (χ4v) is 5.14. The molecule has 22 heteroatoms. The zero-order chi connectivity index (χ0) is 34.6. The number of hydrogen-bond acceptors (Lipinski definition) is 22. The third-order valence-corrected chi connectivity index (χ3v) is 7.96. The molecule has 0 amide bonds. The molecule has 0 aromatic rings. The van der Waals surface area contributed by atoms with Crippen LogP contribution in [0.1, 0.15) is 0 Å². The molecule has 4 saturated heterocycles. The molecular weight excluding hydrogens is 640 g/mol. The van der Waals surface area contributed by atoms with E-state index < -0.39 is 149 Å². The van der Waals surface area contributed by atoms with Gasteiger partial charge in [-0.15, -0.1) is 0 Å². The Morgan fingerprint density at radius 3 is 0.913 bits per heavy atom. The SMILES string of the molecule is OC[C@H]1O[C@@H](O[C@H]2[C@H](O)[C@@H](O)[C@H](O)O[C@@H]2CO)[C@H](O)[C@@H](O)[C@@H]1O.OC[C@H]1O[C@@H](O[C@H]2[C@H](O)[C@@H](O)[C@H](O)O[C@@H]2CO)[C@H](O)[C@@H](O)[C@@H]1O. The fourth-order valence-electron chi connectivity index (χ4n) is 5.14. The molecule has 0 aliphatic carbocycles. The van der Waals surface area contributed by atoms with E-state index in [0.717, 1.165) is 0 Å². The summed E-state index contributed by atoms with van der Waals surface area (Å²) in [4.78, 5) is 0. The highest BCUT2D eigenvalue weighted by atomic mass is 16.7. The standard InChI is InChI=1S/2C12H22O11/c2*13-1-3-5(15)6(16)9(19)12(22-3)23-10-4(2-14)21-11(20)8(18)7(10)17/h2*3-20H,1-2H2/t2*3-,4-,5-,6+,7-,8-,9-,10-,11-,12+/m11/s1. The van der Waals surface area contributed by atoms with Crippen LogP contribution in [0.15, 0.2) is 0 Å². The van der Waals surface area contributed by atoms with Crippen molar-refractivity contribution in [3.8, 4) is 0 Å². The number of aliphatic hydroxyl groups is 16. The molecule has 4 heterocycles. The minimum Gasteiger partial charge on any atom is -0.394 e. The Hall–Kier alpha value is -0.880. The van der Waals surface area contributed by atoms with Crippen LogP contribution in [-0.2, 0) is 28.4 Å². The lowest BCUT2D eigenvalue weighted by molar-refractivity contribution is -0.355. The lowest BCUT2D eigenvalue weighted by atomic mass is 9.97. The van der Waals surface area contributed by atoms with Gasteiger partial charge in [0.2, 0.25) is 0 Å². The second kappa shape index (κ2) is 17.2. The Balaban J connectivity index is 0.000000250. The van der Waals surface area contributed by atoms with E-state index >= 15 is 0 Å². The summed E-state index contributed by atoms with van der Waals surface area (Å²) in [5.41, 5.74) is 0. The molecule has 4 aliphatic heterocycles. The van der Waals surface area contributed by atoms with Gasteiger partial charge in [0, 0.05) is 0 Å². The molecule has 4 aliphatic rings. The first-order valence-electron chi connectivity index (χ1n) is 14.2. The molecule has 272 valence electrons. The summed E-state index contributed by atoms with van der Waals surface area (Å²) in [6.07, 6.45) is -31.1.